The van der Waals surface area contributed by atoms with Crippen LogP contribution in [0.25, 0.3) is 0 Å². The maximum atomic E-state index is 5.85. The summed E-state index contributed by atoms with van der Waals surface area (Å²) in [5.74, 6) is 0. The van der Waals surface area contributed by atoms with Gasteiger partial charge >= 0.3 is 0 Å². The minimum atomic E-state index is 0.451. The summed E-state index contributed by atoms with van der Waals surface area (Å²) in [4.78, 5) is 0. The maximum absolute atomic E-state index is 5.85. The molecule has 0 aromatic heterocycles. The van der Waals surface area contributed by atoms with Gasteiger partial charge in [0.1, 0.15) is 0 Å². The van der Waals surface area contributed by atoms with E-state index in [2.05, 4.69) is 0 Å². The van der Waals surface area contributed by atoms with Gasteiger partial charge in [-0.2, -0.15) is 0 Å². The van der Waals surface area contributed by atoms with Crippen LogP contribution in [0.2, 0.25) is 0 Å². The molecule has 1 nitrogen and oxygen atoms in total. The van der Waals surface area contributed by atoms with Crippen molar-refractivity contribution in [2.45, 2.75) is 38.1 Å². The van der Waals surface area contributed by atoms with E-state index in [-0.39, 0.29) is 0 Å². The van der Waals surface area contributed by atoms with Crippen LogP contribution in [0.1, 0.15) is 32.1 Å². The van der Waals surface area contributed by atoms with E-state index in [0.29, 0.717) is 12.0 Å². The van der Waals surface area contributed by atoms with Crippen LogP contribution >= 0.6 is 23.4 Å². The quantitative estimate of drug-likeness (QED) is 0.360. The molecular formula is C7H13Cl2N. The van der Waals surface area contributed by atoms with Crippen molar-refractivity contribution >= 4 is 23.4 Å². The van der Waals surface area contributed by atoms with Crippen LogP contribution in [-0.2, 0) is 0 Å². The first-order valence-electron chi connectivity index (χ1n) is 3.83. The Morgan fingerprint density at radius 1 is 1.20 bits per heavy atom. The summed E-state index contributed by atoms with van der Waals surface area (Å²) >= 11 is 11.4. The normalized spacial score (nSPS) is 21.9. The van der Waals surface area contributed by atoms with Crippen molar-refractivity contribution in [3.05, 3.63) is 0 Å². The fourth-order valence-corrected chi connectivity index (χ4v) is 1.85. The largest absolute Gasteiger partial charge is 0.202 e. The molecule has 0 saturated heterocycles. The number of nitrogens with zero attached hydrogens (tertiary/aromatic N) is 1. The molecule has 0 N–H and O–H groups in total. The van der Waals surface area contributed by atoms with Crippen LogP contribution in [0.15, 0.2) is 0 Å². The van der Waals surface area contributed by atoms with Crippen molar-refractivity contribution in [1.82, 2.24) is 4.42 Å². The monoisotopic (exact) mass is 181 g/mol. The molecule has 0 spiro atoms. The van der Waals surface area contributed by atoms with Gasteiger partial charge in [-0.25, -0.2) is 4.42 Å². The van der Waals surface area contributed by atoms with Gasteiger partial charge in [-0.3, -0.25) is 0 Å². The lowest BCUT2D eigenvalue weighted by molar-refractivity contribution is 0.288. The Hall–Kier alpha value is 0.540. The molecule has 0 atom stereocenters. The summed E-state index contributed by atoms with van der Waals surface area (Å²) in [6.07, 6.45) is 6.42. The number of hydrogen-bond donors (Lipinski definition) is 0. The summed E-state index contributed by atoms with van der Waals surface area (Å²) in [6, 6.07) is 0.986. The van der Waals surface area contributed by atoms with Gasteiger partial charge in [-0.05, 0) is 24.6 Å². The van der Waals surface area contributed by atoms with E-state index in [1.807, 2.05) is 0 Å². The second-order valence-corrected chi connectivity index (χ2v) is 3.48. The van der Waals surface area contributed by atoms with Crippen LogP contribution in [-0.4, -0.2) is 16.5 Å². The Labute approximate surface area is 72.4 Å². The molecule has 1 aliphatic carbocycles. The van der Waals surface area contributed by atoms with Gasteiger partial charge in [0.05, 0.1) is 6.00 Å². The first kappa shape index (κ1) is 8.63. The van der Waals surface area contributed by atoms with Crippen LogP contribution in [0.4, 0.5) is 0 Å². The Morgan fingerprint density at radius 2 is 1.80 bits per heavy atom. The minimum absolute atomic E-state index is 0.451. The Balaban J connectivity index is 2.24. The van der Waals surface area contributed by atoms with E-state index in [4.69, 9.17) is 23.4 Å². The fourth-order valence-electron chi connectivity index (χ4n) is 1.46. The number of alkyl halides is 1. The Morgan fingerprint density at radius 3 is 2.30 bits per heavy atom. The van der Waals surface area contributed by atoms with E-state index in [0.717, 1.165) is 0 Å². The Kier molecular flexibility index (Phi) is 3.82. The van der Waals surface area contributed by atoms with Crippen LogP contribution in [0, 0.1) is 0 Å². The highest BCUT2D eigenvalue weighted by molar-refractivity contribution is 6.22. The zero-order chi connectivity index (χ0) is 7.40. The fraction of sp³-hybridized carbons (Fsp3) is 1.00. The molecule has 0 unspecified atom stereocenters. The molecular weight excluding hydrogens is 169 g/mol. The van der Waals surface area contributed by atoms with E-state index in [9.17, 15) is 0 Å². The van der Waals surface area contributed by atoms with Gasteiger partial charge in [0.25, 0.3) is 0 Å². The molecule has 0 amide bonds. The zero-order valence-corrected chi connectivity index (χ0v) is 7.53. The van der Waals surface area contributed by atoms with Crippen molar-refractivity contribution in [3.8, 4) is 0 Å². The predicted molar refractivity (Wildman–Crippen MR) is 45.3 cm³/mol. The van der Waals surface area contributed by atoms with E-state index >= 15 is 0 Å². The van der Waals surface area contributed by atoms with Gasteiger partial charge in [0, 0.05) is 6.04 Å². The standard InChI is InChI=1S/C7H13Cl2N/c8-6-10(9)7-4-2-1-3-5-7/h7H,1-6H2. The molecule has 0 heterocycles. The number of halogens is 2. The van der Waals surface area contributed by atoms with E-state index < -0.39 is 0 Å². The molecule has 0 aromatic rings. The molecule has 10 heavy (non-hydrogen) atoms. The van der Waals surface area contributed by atoms with Gasteiger partial charge in [-0.15, -0.1) is 11.6 Å². The third-order valence-electron chi connectivity index (χ3n) is 2.09. The minimum Gasteiger partial charge on any atom is -0.202 e. The molecule has 1 fully saturated rings. The Bertz CT molecular complexity index is 91.6. The highest BCUT2D eigenvalue weighted by atomic mass is 35.5. The first-order valence-corrected chi connectivity index (χ1v) is 4.70. The van der Waals surface area contributed by atoms with Crippen molar-refractivity contribution in [3.63, 3.8) is 0 Å². The lowest BCUT2D eigenvalue weighted by Crippen LogP contribution is -2.28. The molecule has 0 aliphatic heterocycles. The van der Waals surface area contributed by atoms with Crippen molar-refractivity contribution in [2.24, 2.45) is 0 Å². The van der Waals surface area contributed by atoms with Crippen LogP contribution in [0.5, 0.6) is 0 Å². The van der Waals surface area contributed by atoms with Crippen LogP contribution < -0.4 is 0 Å². The topological polar surface area (TPSA) is 3.24 Å². The predicted octanol–water partition coefficient (Wildman–Crippen LogP) is 2.97. The summed E-state index contributed by atoms with van der Waals surface area (Å²) in [6.45, 7) is 0. The summed E-state index contributed by atoms with van der Waals surface area (Å²) in [5, 5.41) is 0. The third kappa shape index (κ3) is 2.30. The molecule has 60 valence electrons. The third-order valence-corrected chi connectivity index (χ3v) is 2.86. The van der Waals surface area contributed by atoms with Gasteiger partial charge in [0.2, 0.25) is 0 Å². The summed E-state index contributed by atoms with van der Waals surface area (Å²) in [7, 11) is 0. The second-order valence-electron chi connectivity index (χ2n) is 2.81. The van der Waals surface area contributed by atoms with E-state index in [1.165, 1.54) is 32.1 Å². The molecule has 0 aromatic carbocycles. The first-order chi connectivity index (χ1) is 4.84. The smallest absolute Gasteiger partial charge is 0.0886 e. The molecule has 1 saturated carbocycles. The highest BCUT2D eigenvalue weighted by Gasteiger charge is 2.18. The average molecular weight is 182 g/mol. The molecule has 3 heteroatoms. The number of rotatable bonds is 2. The van der Waals surface area contributed by atoms with Gasteiger partial charge < -0.3 is 0 Å². The number of hydrogen-bond acceptors (Lipinski definition) is 1. The molecule has 1 aliphatic rings. The van der Waals surface area contributed by atoms with Crippen LogP contribution in [0.3, 0.4) is 0 Å². The zero-order valence-electron chi connectivity index (χ0n) is 6.02. The van der Waals surface area contributed by atoms with E-state index in [1.54, 1.807) is 4.42 Å². The lowest BCUT2D eigenvalue weighted by Gasteiger charge is -2.26. The summed E-state index contributed by atoms with van der Waals surface area (Å²) < 4.78 is 1.72. The summed E-state index contributed by atoms with van der Waals surface area (Å²) in [5.41, 5.74) is 0. The van der Waals surface area contributed by atoms with Gasteiger partial charge in [-0.1, -0.05) is 19.3 Å². The lowest BCUT2D eigenvalue weighted by atomic mass is 9.96. The molecule has 0 bridgehead atoms. The van der Waals surface area contributed by atoms with Crippen molar-refractivity contribution < 1.29 is 0 Å². The SMILES string of the molecule is ClCN(Cl)C1CCCCC1. The van der Waals surface area contributed by atoms with Crippen molar-refractivity contribution in [1.29, 1.82) is 0 Å². The van der Waals surface area contributed by atoms with Crippen molar-refractivity contribution in [2.75, 3.05) is 6.00 Å². The second kappa shape index (κ2) is 4.42. The molecule has 1 rings (SSSR count). The van der Waals surface area contributed by atoms with Gasteiger partial charge in [0.15, 0.2) is 0 Å². The maximum Gasteiger partial charge on any atom is 0.0886 e. The molecule has 0 radical (unpaired) electrons. The average Bonchev–Trinajstić information content (AvgIpc) is 2.05. The highest BCUT2D eigenvalue weighted by Crippen LogP contribution is 2.23.